The van der Waals surface area contributed by atoms with Gasteiger partial charge in [-0.1, -0.05) is 24.3 Å². The van der Waals surface area contributed by atoms with Crippen molar-refractivity contribution in [3.63, 3.8) is 0 Å². The molecule has 1 fully saturated rings. The summed E-state index contributed by atoms with van der Waals surface area (Å²) in [7, 11) is 0. The first-order valence-corrected chi connectivity index (χ1v) is 14.1. The van der Waals surface area contributed by atoms with E-state index in [-0.39, 0.29) is 30.9 Å². The quantitative estimate of drug-likeness (QED) is 0.335. The van der Waals surface area contributed by atoms with E-state index in [0.717, 1.165) is 47.4 Å². The molecular formula is C31H32N8O2. The molecule has 41 heavy (non-hydrogen) atoms. The van der Waals surface area contributed by atoms with Gasteiger partial charge in [0, 0.05) is 50.6 Å². The van der Waals surface area contributed by atoms with Crippen LogP contribution >= 0.6 is 0 Å². The zero-order valence-corrected chi connectivity index (χ0v) is 23.1. The second-order valence-corrected chi connectivity index (χ2v) is 10.9. The van der Waals surface area contributed by atoms with Crippen LogP contribution in [0.4, 0.5) is 5.69 Å². The molecule has 0 radical (unpaired) electrons. The number of pyridine rings is 1. The highest BCUT2D eigenvalue weighted by molar-refractivity contribution is 5.81. The van der Waals surface area contributed by atoms with Crippen molar-refractivity contribution in [1.29, 1.82) is 0 Å². The lowest BCUT2D eigenvalue weighted by atomic mass is 9.96. The molecule has 10 nitrogen and oxygen atoms in total. The van der Waals surface area contributed by atoms with Crippen LogP contribution in [0.1, 0.15) is 18.1 Å². The number of hydrogen-bond donors (Lipinski definition) is 0. The molecule has 0 unspecified atom stereocenters. The fourth-order valence-electron chi connectivity index (χ4n) is 6.25. The molecule has 2 aromatic carbocycles. The molecule has 1 atom stereocenters. The standard InChI is InChI=1S/C31H32N8O2/c1-22-16-35(14-15-39(22)30(41)19-38-21-34-26-8-5-12-32-31(26)38)27-10-4-6-23-11-13-36(17-24(23)27)29(40)18-37-20-33-25-7-2-3-9-28(25)37/h2-10,12,20-22H,11,13-19H2,1H3/t22-/m1/s1. The topological polar surface area (TPSA) is 92.4 Å². The van der Waals surface area contributed by atoms with Gasteiger partial charge in [-0.2, -0.15) is 0 Å². The maximum absolute atomic E-state index is 13.4. The number of rotatable bonds is 5. The van der Waals surface area contributed by atoms with E-state index in [1.807, 2.05) is 55.3 Å². The summed E-state index contributed by atoms with van der Waals surface area (Å²) < 4.78 is 3.75. The highest BCUT2D eigenvalue weighted by Gasteiger charge is 2.31. The largest absolute Gasteiger partial charge is 0.367 e. The number of carbonyl (C=O) groups excluding carboxylic acids is 2. The van der Waals surface area contributed by atoms with E-state index in [1.165, 1.54) is 11.1 Å². The fraction of sp³-hybridized carbons (Fsp3) is 0.323. The predicted octanol–water partition coefficient (Wildman–Crippen LogP) is 3.10. The Morgan fingerprint density at radius 2 is 1.63 bits per heavy atom. The third kappa shape index (κ3) is 4.69. The van der Waals surface area contributed by atoms with Crippen molar-refractivity contribution in [1.82, 2.24) is 33.9 Å². The molecule has 208 valence electrons. The maximum atomic E-state index is 13.4. The first-order chi connectivity index (χ1) is 20.0. The van der Waals surface area contributed by atoms with E-state index in [9.17, 15) is 9.59 Å². The van der Waals surface area contributed by atoms with Gasteiger partial charge in [0.1, 0.15) is 18.6 Å². The molecule has 10 heteroatoms. The molecule has 1 saturated heterocycles. The van der Waals surface area contributed by atoms with E-state index in [0.29, 0.717) is 19.6 Å². The van der Waals surface area contributed by atoms with Crippen LogP contribution < -0.4 is 4.90 Å². The van der Waals surface area contributed by atoms with Gasteiger partial charge >= 0.3 is 0 Å². The van der Waals surface area contributed by atoms with Crippen molar-refractivity contribution in [2.45, 2.75) is 39.0 Å². The molecule has 5 aromatic rings. The number of nitrogens with zero attached hydrogens (tertiary/aromatic N) is 8. The minimum Gasteiger partial charge on any atom is -0.367 e. The molecule has 7 rings (SSSR count). The summed E-state index contributed by atoms with van der Waals surface area (Å²) in [6.45, 7) is 6.02. The SMILES string of the molecule is C[C@@H]1CN(c2cccc3c2CN(C(=O)Cn2cnc4ccccc42)CC3)CCN1C(=O)Cn1cnc2cccnc21. The lowest BCUT2D eigenvalue weighted by Crippen LogP contribution is -2.55. The molecule has 2 aliphatic rings. The van der Waals surface area contributed by atoms with Crippen LogP contribution in [0.5, 0.6) is 0 Å². The molecule has 0 spiro atoms. The predicted molar refractivity (Wildman–Crippen MR) is 156 cm³/mol. The van der Waals surface area contributed by atoms with Gasteiger partial charge in [-0.15, -0.1) is 0 Å². The number of carbonyl (C=O) groups is 2. The van der Waals surface area contributed by atoms with E-state index in [1.54, 1.807) is 18.9 Å². The minimum absolute atomic E-state index is 0.0469. The van der Waals surface area contributed by atoms with Gasteiger partial charge in [-0.25, -0.2) is 15.0 Å². The Hall–Kier alpha value is -4.73. The molecule has 2 amide bonds. The summed E-state index contributed by atoms with van der Waals surface area (Å²) in [6, 6.07) is 18.1. The Bertz CT molecular complexity index is 1760. The number of para-hydroxylation sites is 2. The lowest BCUT2D eigenvalue weighted by molar-refractivity contribution is -0.134. The van der Waals surface area contributed by atoms with Crippen LogP contribution in [0.15, 0.2) is 73.4 Å². The Balaban J connectivity index is 1.04. The average Bonchev–Trinajstić information content (AvgIpc) is 3.60. The van der Waals surface area contributed by atoms with Crippen LogP contribution in [0.2, 0.25) is 0 Å². The molecule has 3 aromatic heterocycles. The molecule has 0 aliphatic carbocycles. The van der Waals surface area contributed by atoms with Gasteiger partial charge in [-0.05, 0) is 54.8 Å². The van der Waals surface area contributed by atoms with E-state index in [2.05, 4.69) is 45.0 Å². The Morgan fingerprint density at radius 3 is 2.54 bits per heavy atom. The highest BCUT2D eigenvalue weighted by atomic mass is 16.2. The number of anilines is 1. The minimum atomic E-state index is 0.0469. The number of imidazole rings is 2. The van der Waals surface area contributed by atoms with Gasteiger partial charge < -0.3 is 23.8 Å². The first kappa shape index (κ1) is 25.3. The number of aromatic nitrogens is 5. The first-order valence-electron chi connectivity index (χ1n) is 14.1. The number of benzene rings is 2. The number of hydrogen-bond acceptors (Lipinski definition) is 6. The summed E-state index contributed by atoms with van der Waals surface area (Å²) in [4.78, 5) is 46.2. The van der Waals surface area contributed by atoms with Crippen molar-refractivity contribution in [2.75, 3.05) is 31.1 Å². The van der Waals surface area contributed by atoms with Crippen LogP contribution in [-0.4, -0.2) is 77.9 Å². The van der Waals surface area contributed by atoms with E-state index < -0.39 is 0 Å². The van der Waals surface area contributed by atoms with Crippen molar-refractivity contribution in [2.24, 2.45) is 0 Å². The van der Waals surface area contributed by atoms with Crippen LogP contribution in [0.3, 0.4) is 0 Å². The monoisotopic (exact) mass is 548 g/mol. The second kappa shape index (κ2) is 10.3. The summed E-state index contributed by atoms with van der Waals surface area (Å²) in [5, 5.41) is 0. The summed E-state index contributed by atoms with van der Waals surface area (Å²) in [5.41, 5.74) is 7.06. The van der Waals surface area contributed by atoms with Crippen molar-refractivity contribution in [3.8, 4) is 0 Å². The van der Waals surface area contributed by atoms with Gasteiger partial charge in [0.15, 0.2) is 5.65 Å². The average molecular weight is 549 g/mol. The number of piperazine rings is 1. The third-order valence-corrected chi connectivity index (χ3v) is 8.40. The Labute approximate surface area is 237 Å². The van der Waals surface area contributed by atoms with Crippen molar-refractivity contribution in [3.05, 3.63) is 84.6 Å². The van der Waals surface area contributed by atoms with Gasteiger partial charge in [-0.3, -0.25) is 9.59 Å². The molecular weight excluding hydrogens is 516 g/mol. The highest BCUT2D eigenvalue weighted by Crippen LogP contribution is 2.31. The molecule has 5 heterocycles. The van der Waals surface area contributed by atoms with Crippen LogP contribution in [-0.2, 0) is 35.6 Å². The second-order valence-electron chi connectivity index (χ2n) is 10.9. The number of fused-ring (bicyclic) bond motifs is 3. The van der Waals surface area contributed by atoms with Crippen LogP contribution in [0, 0.1) is 0 Å². The van der Waals surface area contributed by atoms with Crippen molar-refractivity contribution < 1.29 is 9.59 Å². The third-order valence-electron chi connectivity index (χ3n) is 8.40. The summed E-state index contributed by atoms with van der Waals surface area (Å²) in [6.07, 6.45) is 6.00. The zero-order valence-electron chi connectivity index (χ0n) is 23.1. The molecule has 0 N–H and O–H groups in total. The zero-order chi connectivity index (χ0) is 27.9. The van der Waals surface area contributed by atoms with E-state index in [4.69, 9.17) is 0 Å². The molecule has 0 saturated carbocycles. The fourth-order valence-corrected chi connectivity index (χ4v) is 6.25. The normalized spacial score (nSPS) is 17.3. The molecule has 2 aliphatic heterocycles. The summed E-state index contributed by atoms with van der Waals surface area (Å²) >= 11 is 0. The smallest absolute Gasteiger partial charge is 0.242 e. The Kier molecular flexibility index (Phi) is 6.37. The van der Waals surface area contributed by atoms with Gasteiger partial charge in [0.25, 0.3) is 0 Å². The van der Waals surface area contributed by atoms with E-state index >= 15 is 0 Å². The maximum Gasteiger partial charge on any atom is 0.242 e. The van der Waals surface area contributed by atoms with Crippen LogP contribution in [0.25, 0.3) is 22.2 Å². The Morgan fingerprint density at radius 1 is 0.829 bits per heavy atom. The molecule has 0 bridgehead atoms. The number of amides is 2. The summed E-state index contributed by atoms with van der Waals surface area (Å²) in [5.74, 6) is 0.167. The van der Waals surface area contributed by atoms with Gasteiger partial charge in [0.05, 0.1) is 23.7 Å². The van der Waals surface area contributed by atoms with Crippen molar-refractivity contribution >= 4 is 39.7 Å². The lowest BCUT2D eigenvalue weighted by Gasteiger charge is -2.42. The van der Waals surface area contributed by atoms with Gasteiger partial charge in [0.2, 0.25) is 11.8 Å².